The molecule has 0 fully saturated rings. The Morgan fingerprint density at radius 1 is 0.920 bits per heavy atom. The van der Waals surface area contributed by atoms with Crippen molar-refractivity contribution in [3.63, 3.8) is 0 Å². The number of benzene rings is 1. The van der Waals surface area contributed by atoms with Crippen LogP contribution in [0.25, 0.3) is 0 Å². The third-order valence-electron chi connectivity index (χ3n) is 3.37. The van der Waals surface area contributed by atoms with Crippen LogP contribution in [0.4, 0.5) is 0 Å². The van der Waals surface area contributed by atoms with Crippen molar-refractivity contribution in [3.05, 3.63) is 59.0 Å². The second kappa shape index (κ2) is 8.68. The first-order valence-electron chi connectivity index (χ1n) is 7.90. The topological polar surface area (TPSA) is 100 Å². The Morgan fingerprint density at radius 2 is 1.60 bits per heavy atom. The number of rotatable bonds is 7. The lowest BCUT2D eigenvalue weighted by molar-refractivity contribution is -0.120. The fourth-order valence-electron chi connectivity index (χ4n) is 2.30. The van der Waals surface area contributed by atoms with Crippen LogP contribution in [0.3, 0.4) is 0 Å². The molecular formula is C18H21N3O4. The molecule has 0 aliphatic rings. The Balaban J connectivity index is 1.66. The standard InChI is InChI=1S/C18H21N3O4/c1-12-8-13(2)10-14(9-12)17(23)21-11-16(22)19-5-6-20-18(24)15-4-3-7-25-15/h3-4,7-10H,5-6,11H2,1-2H3,(H,19,22)(H,20,24)(H,21,23). The van der Waals surface area contributed by atoms with Crippen molar-refractivity contribution in [1.82, 2.24) is 16.0 Å². The number of carbonyl (C=O) groups excluding carboxylic acids is 3. The Labute approximate surface area is 145 Å². The van der Waals surface area contributed by atoms with Crippen LogP contribution >= 0.6 is 0 Å². The summed E-state index contributed by atoms with van der Waals surface area (Å²) in [6.07, 6.45) is 1.41. The molecule has 1 heterocycles. The van der Waals surface area contributed by atoms with E-state index < -0.39 is 0 Å². The predicted octanol–water partition coefficient (Wildman–Crippen LogP) is 1.17. The van der Waals surface area contributed by atoms with E-state index in [1.165, 1.54) is 6.26 Å². The average molecular weight is 343 g/mol. The number of hydrogen-bond acceptors (Lipinski definition) is 4. The van der Waals surface area contributed by atoms with E-state index in [1.807, 2.05) is 19.9 Å². The van der Waals surface area contributed by atoms with E-state index in [-0.39, 0.29) is 43.1 Å². The SMILES string of the molecule is Cc1cc(C)cc(C(=O)NCC(=O)NCCNC(=O)c2ccco2)c1. The molecule has 0 aliphatic carbocycles. The minimum atomic E-state index is -0.345. The highest BCUT2D eigenvalue weighted by atomic mass is 16.3. The smallest absolute Gasteiger partial charge is 0.287 e. The lowest BCUT2D eigenvalue weighted by atomic mass is 10.1. The van der Waals surface area contributed by atoms with E-state index in [0.717, 1.165) is 11.1 Å². The van der Waals surface area contributed by atoms with Gasteiger partial charge in [-0.2, -0.15) is 0 Å². The Hall–Kier alpha value is -3.09. The fraction of sp³-hybridized carbons (Fsp3) is 0.278. The Morgan fingerprint density at radius 3 is 2.24 bits per heavy atom. The van der Waals surface area contributed by atoms with Gasteiger partial charge < -0.3 is 20.4 Å². The summed E-state index contributed by atoms with van der Waals surface area (Å²) in [7, 11) is 0. The third kappa shape index (κ3) is 5.80. The molecule has 0 radical (unpaired) electrons. The minimum absolute atomic E-state index is 0.127. The second-order valence-corrected chi connectivity index (χ2v) is 5.64. The molecule has 0 spiro atoms. The zero-order valence-corrected chi connectivity index (χ0v) is 14.2. The zero-order valence-electron chi connectivity index (χ0n) is 14.2. The van der Waals surface area contributed by atoms with Crippen LogP contribution in [-0.4, -0.2) is 37.4 Å². The molecule has 3 amide bonds. The van der Waals surface area contributed by atoms with Gasteiger partial charge in [0, 0.05) is 18.7 Å². The Kier molecular flexibility index (Phi) is 6.33. The minimum Gasteiger partial charge on any atom is -0.459 e. The van der Waals surface area contributed by atoms with Crippen molar-refractivity contribution in [3.8, 4) is 0 Å². The van der Waals surface area contributed by atoms with E-state index in [2.05, 4.69) is 16.0 Å². The van der Waals surface area contributed by atoms with Crippen molar-refractivity contribution < 1.29 is 18.8 Å². The molecule has 0 saturated heterocycles. The summed E-state index contributed by atoms with van der Waals surface area (Å²) in [5, 5.41) is 7.79. The summed E-state index contributed by atoms with van der Waals surface area (Å²) in [6.45, 7) is 4.21. The molecule has 0 saturated carbocycles. The number of carbonyl (C=O) groups is 3. The van der Waals surface area contributed by atoms with Crippen LogP contribution < -0.4 is 16.0 Å². The first-order valence-corrected chi connectivity index (χ1v) is 7.90. The average Bonchev–Trinajstić information content (AvgIpc) is 3.10. The monoisotopic (exact) mass is 343 g/mol. The van der Waals surface area contributed by atoms with Crippen molar-refractivity contribution in [1.29, 1.82) is 0 Å². The van der Waals surface area contributed by atoms with Crippen LogP contribution in [0, 0.1) is 13.8 Å². The van der Waals surface area contributed by atoms with Crippen LogP contribution in [0.2, 0.25) is 0 Å². The molecule has 1 aromatic heterocycles. The molecule has 2 aromatic rings. The largest absolute Gasteiger partial charge is 0.459 e. The van der Waals surface area contributed by atoms with Gasteiger partial charge in [-0.25, -0.2) is 0 Å². The highest BCUT2D eigenvalue weighted by Gasteiger charge is 2.10. The van der Waals surface area contributed by atoms with Crippen LogP contribution in [0.5, 0.6) is 0 Å². The highest BCUT2D eigenvalue weighted by molar-refractivity contribution is 5.96. The molecule has 0 atom stereocenters. The van der Waals surface area contributed by atoms with Gasteiger partial charge in [-0.15, -0.1) is 0 Å². The summed E-state index contributed by atoms with van der Waals surface area (Å²) in [5.41, 5.74) is 2.50. The van der Waals surface area contributed by atoms with Gasteiger partial charge >= 0.3 is 0 Å². The van der Waals surface area contributed by atoms with E-state index in [1.54, 1.807) is 24.3 Å². The maximum atomic E-state index is 12.0. The third-order valence-corrected chi connectivity index (χ3v) is 3.37. The van der Waals surface area contributed by atoms with Crippen molar-refractivity contribution in [2.45, 2.75) is 13.8 Å². The lowest BCUT2D eigenvalue weighted by Crippen LogP contribution is -2.40. The number of aryl methyl sites for hydroxylation is 2. The summed E-state index contributed by atoms with van der Waals surface area (Å²) >= 11 is 0. The van der Waals surface area contributed by atoms with E-state index in [4.69, 9.17) is 4.42 Å². The molecule has 0 aliphatic heterocycles. The van der Waals surface area contributed by atoms with Gasteiger partial charge in [0.05, 0.1) is 12.8 Å². The maximum absolute atomic E-state index is 12.0. The normalized spacial score (nSPS) is 10.2. The van der Waals surface area contributed by atoms with Crippen molar-refractivity contribution in [2.75, 3.05) is 19.6 Å². The molecular weight excluding hydrogens is 322 g/mol. The van der Waals surface area contributed by atoms with E-state index >= 15 is 0 Å². The van der Waals surface area contributed by atoms with Crippen LogP contribution in [0.15, 0.2) is 41.0 Å². The molecule has 25 heavy (non-hydrogen) atoms. The molecule has 3 N–H and O–H groups in total. The molecule has 7 nitrogen and oxygen atoms in total. The van der Waals surface area contributed by atoms with Gasteiger partial charge in [0.15, 0.2) is 5.76 Å². The zero-order chi connectivity index (χ0) is 18.2. The number of furan rings is 1. The van der Waals surface area contributed by atoms with Crippen LogP contribution in [0.1, 0.15) is 32.0 Å². The first-order chi connectivity index (χ1) is 12.0. The summed E-state index contributed by atoms with van der Waals surface area (Å²) in [6, 6.07) is 8.68. The predicted molar refractivity (Wildman–Crippen MR) is 92.3 cm³/mol. The molecule has 132 valence electrons. The first kappa shape index (κ1) is 18.3. The maximum Gasteiger partial charge on any atom is 0.287 e. The summed E-state index contributed by atoms with van der Waals surface area (Å²) in [4.78, 5) is 35.4. The van der Waals surface area contributed by atoms with Gasteiger partial charge in [0.25, 0.3) is 11.8 Å². The number of hydrogen-bond donors (Lipinski definition) is 3. The van der Waals surface area contributed by atoms with Gasteiger partial charge in [-0.1, -0.05) is 17.2 Å². The Bertz CT molecular complexity index is 733. The lowest BCUT2D eigenvalue weighted by Gasteiger charge is -2.08. The van der Waals surface area contributed by atoms with E-state index in [0.29, 0.717) is 5.56 Å². The second-order valence-electron chi connectivity index (χ2n) is 5.64. The molecule has 7 heteroatoms. The highest BCUT2D eigenvalue weighted by Crippen LogP contribution is 2.08. The fourth-order valence-corrected chi connectivity index (χ4v) is 2.30. The van der Waals surface area contributed by atoms with Crippen LogP contribution in [-0.2, 0) is 4.79 Å². The summed E-state index contributed by atoms with van der Waals surface area (Å²) in [5.74, 6) is -0.757. The van der Waals surface area contributed by atoms with E-state index in [9.17, 15) is 14.4 Å². The summed E-state index contributed by atoms with van der Waals surface area (Å²) < 4.78 is 4.95. The quantitative estimate of drug-likeness (QED) is 0.657. The van der Waals surface area contributed by atoms with Gasteiger partial charge in [0.1, 0.15) is 0 Å². The van der Waals surface area contributed by atoms with Gasteiger partial charge in [-0.3, -0.25) is 14.4 Å². The van der Waals surface area contributed by atoms with Crippen molar-refractivity contribution >= 4 is 17.7 Å². The number of amides is 3. The van der Waals surface area contributed by atoms with Gasteiger partial charge in [-0.05, 0) is 38.1 Å². The van der Waals surface area contributed by atoms with Gasteiger partial charge in [0.2, 0.25) is 5.91 Å². The molecule has 2 rings (SSSR count). The molecule has 0 bridgehead atoms. The number of nitrogens with one attached hydrogen (secondary N) is 3. The van der Waals surface area contributed by atoms with Crippen molar-refractivity contribution in [2.24, 2.45) is 0 Å². The molecule has 1 aromatic carbocycles. The molecule has 0 unspecified atom stereocenters.